The van der Waals surface area contributed by atoms with E-state index in [0.717, 1.165) is 43.8 Å². The Balaban J connectivity index is 0.000000173. The van der Waals surface area contributed by atoms with Crippen molar-refractivity contribution in [2.45, 2.75) is 46.3 Å². The third-order valence-electron chi connectivity index (χ3n) is 12.3. The standard InChI is InChI=1S/C16H17N9O5S3.C16H17N5O7S2.C13H13N5O5S2/c1-24-16(20-22-23-24)33-4-6-3-31-13-9(12(27)25(13)10(6)14(28)29)19-11(26)8(21-30-2)7-5-32-15(17)18-7;1-6(22)28-3-7-4-29-14-10(13(24)21(14)11(7)15(25)26)19-12(23)9(20-27-2)8-5-30-16(17)18-8;1-23-17-7(5-4-25-13(14)15-5)9(19)16-8-10(20)18-6(12(21)22)2-3-24-11(8)18/h5,9,13H,3-4H2,1-2H3,(H2,17,18)(H,19,26)(H,28,29);5,10,14H,3-4H2,1-2H3,(H2,17,18)(H,19,23)(H,25,26);2,4,8,11H,3H2,1H3,(H2,14,15)(H,16,19)(H,21,22)/b21-8-;20-9+;17-7-/t9-,13-;10-,14-;8-,11-/m111/s1. The molecule has 43 heteroatoms. The van der Waals surface area contributed by atoms with Crippen LogP contribution in [0, 0.1) is 0 Å². The van der Waals surface area contributed by atoms with Gasteiger partial charge in [-0.15, -0.1) is 74.4 Å². The van der Waals surface area contributed by atoms with Gasteiger partial charge in [0.25, 0.3) is 35.4 Å². The van der Waals surface area contributed by atoms with Crippen molar-refractivity contribution in [1.29, 1.82) is 0 Å². The molecule has 0 spiro atoms. The minimum Gasteiger partial charge on any atom is -0.477 e. The lowest BCUT2D eigenvalue weighted by Crippen LogP contribution is -2.71. The van der Waals surface area contributed by atoms with E-state index in [9.17, 15) is 58.2 Å². The second kappa shape index (κ2) is 28.3. The second-order valence-electron chi connectivity index (χ2n) is 17.7. The topological polar surface area (TPSA) is 512 Å². The molecule has 4 aromatic rings. The summed E-state index contributed by atoms with van der Waals surface area (Å²) in [6, 6.07) is -2.74. The van der Waals surface area contributed by atoms with Gasteiger partial charge in [-0.05, 0) is 22.1 Å². The monoisotopic (exact) mass is 1350 g/mol. The lowest BCUT2D eigenvalue weighted by atomic mass is 10.0. The quantitative estimate of drug-likeness (QED) is 0.0151. The number of oxime groups is 3. The zero-order valence-corrected chi connectivity index (χ0v) is 51.5. The lowest BCUT2D eigenvalue weighted by molar-refractivity contribution is -0.150. The van der Waals surface area contributed by atoms with Gasteiger partial charge in [-0.1, -0.05) is 27.2 Å². The normalized spacial score (nSPS) is 21.2. The van der Waals surface area contributed by atoms with E-state index in [0.29, 0.717) is 33.6 Å². The zero-order valence-electron chi connectivity index (χ0n) is 45.8. The van der Waals surface area contributed by atoms with Crippen LogP contribution in [0.5, 0.6) is 0 Å². The molecule has 6 aliphatic rings. The van der Waals surface area contributed by atoms with E-state index in [-0.39, 0.29) is 79.1 Å². The molecule has 0 saturated carbocycles. The molecule has 0 radical (unpaired) electrons. The molecule has 0 aromatic carbocycles. The Hall–Kier alpha value is -8.91. The summed E-state index contributed by atoms with van der Waals surface area (Å²) in [6.07, 6.45) is 1.47. The van der Waals surface area contributed by atoms with Gasteiger partial charge in [0.05, 0.1) is 0 Å². The molecule has 10 rings (SSSR count). The molecular weight excluding hydrogens is 1300 g/mol. The fraction of sp³-hybridized carbons (Fsp3) is 0.356. The Morgan fingerprint density at radius 2 is 1.05 bits per heavy atom. The number of nitrogens with zero attached hydrogens (tertiary/aromatic N) is 13. The van der Waals surface area contributed by atoms with Crippen molar-refractivity contribution < 1.29 is 82.5 Å². The number of aryl methyl sites for hydroxylation is 1. The Bertz CT molecular complexity index is 3690. The third kappa shape index (κ3) is 13.9. The minimum absolute atomic E-state index is 0.0719. The lowest BCUT2D eigenvalue weighted by Gasteiger charge is -2.49. The van der Waals surface area contributed by atoms with E-state index in [2.05, 4.69) is 71.6 Å². The number of thiazole rings is 3. The Morgan fingerprint density at radius 3 is 1.41 bits per heavy atom. The maximum Gasteiger partial charge on any atom is 0.352 e. The number of β-lactam (4-membered cyclic amide) rings is 3. The van der Waals surface area contributed by atoms with Gasteiger partial charge >= 0.3 is 23.9 Å². The number of aliphatic carboxylic acids is 3. The number of carboxylic acids is 3. The Labute approximate surface area is 522 Å². The molecular formula is C45H47N19O17S7. The van der Waals surface area contributed by atoms with Gasteiger partial charge in [0.2, 0.25) is 5.16 Å². The molecule has 6 aliphatic heterocycles. The maximum absolute atomic E-state index is 12.9. The van der Waals surface area contributed by atoms with Gasteiger partial charge in [0.15, 0.2) is 32.5 Å². The van der Waals surface area contributed by atoms with Crippen molar-refractivity contribution in [2.75, 3.05) is 68.1 Å². The molecule has 12 N–H and O–H groups in total. The smallest absolute Gasteiger partial charge is 0.352 e. The first kappa shape index (κ1) is 65.1. The summed E-state index contributed by atoms with van der Waals surface area (Å²) < 4.78 is 6.35. The number of carboxylic acid groups (broad SMARTS) is 3. The fourth-order valence-electron chi connectivity index (χ4n) is 8.52. The molecule has 6 amide bonds. The first-order valence-corrected chi connectivity index (χ1v) is 31.3. The highest BCUT2D eigenvalue weighted by atomic mass is 32.2. The van der Waals surface area contributed by atoms with Crippen molar-refractivity contribution in [3.63, 3.8) is 0 Å². The van der Waals surface area contributed by atoms with E-state index in [4.69, 9.17) is 31.9 Å². The van der Waals surface area contributed by atoms with Gasteiger partial charge in [-0.2, -0.15) is 0 Å². The van der Waals surface area contributed by atoms with Crippen LogP contribution in [0.1, 0.15) is 24.0 Å². The fourth-order valence-corrected chi connectivity index (χ4v) is 15.0. The highest BCUT2D eigenvalue weighted by molar-refractivity contribution is 8.01. The molecule has 88 heavy (non-hydrogen) atoms. The average Bonchev–Trinajstić information content (AvgIpc) is 0.926. The summed E-state index contributed by atoms with van der Waals surface area (Å²) in [5.74, 6) is -6.64. The van der Waals surface area contributed by atoms with Crippen LogP contribution < -0.4 is 33.2 Å². The largest absolute Gasteiger partial charge is 0.477 e. The SMILES string of the molecule is CO/N=C(/C(=O)N[C@@H]1C(=O)N2C(C(=O)O)=C(COC(C)=O)CS[C@H]12)c1csc(N)n1.CO/N=C(\C(=O)N[C@@H]1C(=O)N2C(C(=O)O)=C(CSc3nnnn3C)CS[C@H]12)c1csc(N)n1.CO/N=C(\C(=O)N[C@@H]1C(=O)N2C(C(=O)O)=CCS[C@H]12)c1csc(N)n1. The number of nitrogens with one attached hydrogen (secondary N) is 3. The van der Waals surface area contributed by atoms with Crippen molar-refractivity contribution in [2.24, 2.45) is 22.5 Å². The number of fused-ring (bicyclic) bond motifs is 3. The van der Waals surface area contributed by atoms with Crippen molar-refractivity contribution in [3.05, 3.63) is 67.5 Å². The van der Waals surface area contributed by atoms with E-state index < -0.39 is 93.6 Å². The number of esters is 1. The number of nitrogen functional groups attached to an aromatic ring is 3. The van der Waals surface area contributed by atoms with E-state index in [1.165, 1.54) is 96.3 Å². The molecule has 0 bridgehead atoms. The number of amides is 6. The van der Waals surface area contributed by atoms with Crippen LogP contribution in [0.2, 0.25) is 0 Å². The van der Waals surface area contributed by atoms with Gasteiger partial charge in [0, 0.05) is 58.7 Å². The van der Waals surface area contributed by atoms with Crippen molar-refractivity contribution in [3.8, 4) is 0 Å². The number of anilines is 3. The zero-order chi connectivity index (χ0) is 63.8. The second-order valence-corrected chi connectivity index (χ2v) is 24.7. The number of hydrogen-bond donors (Lipinski definition) is 9. The van der Waals surface area contributed by atoms with Crippen LogP contribution in [-0.2, 0) is 74.2 Å². The van der Waals surface area contributed by atoms with Gasteiger partial charge in [-0.25, -0.2) is 34.0 Å². The van der Waals surface area contributed by atoms with Crippen LogP contribution in [0.3, 0.4) is 0 Å². The molecule has 0 aliphatic carbocycles. The number of nitrogens with two attached hydrogens (primary N) is 3. The summed E-state index contributed by atoms with van der Waals surface area (Å²) in [5, 5.41) is 62.5. The number of thioether (sulfide) groups is 4. The van der Waals surface area contributed by atoms with Crippen molar-refractivity contribution in [1.82, 2.24) is 65.8 Å². The minimum atomic E-state index is -1.32. The van der Waals surface area contributed by atoms with E-state index in [1.54, 1.807) is 17.8 Å². The first-order chi connectivity index (χ1) is 42.0. The van der Waals surface area contributed by atoms with Gasteiger partial charge in [0.1, 0.15) is 96.4 Å². The van der Waals surface area contributed by atoms with Crippen LogP contribution in [0.25, 0.3) is 0 Å². The number of hydrogen-bond acceptors (Lipinski definition) is 33. The Kier molecular flexibility index (Phi) is 20.9. The predicted octanol–water partition coefficient (Wildman–Crippen LogP) is -2.05. The molecule has 36 nitrogen and oxygen atoms in total. The van der Waals surface area contributed by atoms with Crippen LogP contribution in [0.15, 0.2) is 71.1 Å². The number of ether oxygens (including phenoxy) is 1. The molecule has 6 atom stereocenters. The summed E-state index contributed by atoms with van der Waals surface area (Å²) >= 11 is 8.60. The highest BCUT2D eigenvalue weighted by Gasteiger charge is 2.57. The molecule has 0 unspecified atom stereocenters. The van der Waals surface area contributed by atoms with Crippen LogP contribution >= 0.6 is 81.1 Å². The number of tetrazole rings is 1. The maximum atomic E-state index is 12.9. The molecule has 466 valence electrons. The third-order valence-corrected chi connectivity index (χ3v) is 19.3. The highest BCUT2D eigenvalue weighted by Crippen LogP contribution is 2.43. The number of carbonyl (C=O) groups excluding carboxylic acids is 7. The first-order valence-electron chi connectivity index (χ1n) is 24.6. The van der Waals surface area contributed by atoms with Crippen molar-refractivity contribution >= 4 is 173 Å². The predicted molar refractivity (Wildman–Crippen MR) is 316 cm³/mol. The summed E-state index contributed by atoms with van der Waals surface area (Å²) in [7, 11) is 5.48. The summed E-state index contributed by atoms with van der Waals surface area (Å²) in [4.78, 5) is 151. The molecule has 3 fully saturated rings. The van der Waals surface area contributed by atoms with Crippen LogP contribution in [-0.4, -0.2) is 227 Å². The summed E-state index contributed by atoms with van der Waals surface area (Å²) in [5.41, 5.74) is 17.4. The summed E-state index contributed by atoms with van der Waals surface area (Å²) in [6.45, 7) is 0.975. The van der Waals surface area contributed by atoms with Crippen LogP contribution in [0.4, 0.5) is 15.4 Å². The number of rotatable bonds is 20. The molecule has 4 aromatic heterocycles. The molecule has 10 heterocycles. The van der Waals surface area contributed by atoms with Gasteiger partial charge < -0.3 is 67.7 Å². The number of aromatic nitrogens is 7. The van der Waals surface area contributed by atoms with E-state index in [1.807, 2.05) is 0 Å². The average molecular weight is 1350 g/mol. The Morgan fingerprint density at radius 1 is 0.636 bits per heavy atom. The van der Waals surface area contributed by atoms with Gasteiger partial charge in [-0.3, -0.25) is 48.3 Å². The van der Waals surface area contributed by atoms with E-state index >= 15 is 0 Å². The molecule has 3 saturated heterocycles. The number of carbonyl (C=O) groups is 10.